The van der Waals surface area contributed by atoms with Crippen LogP contribution in [0.25, 0.3) is 5.52 Å². The molecule has 0 aliphatic carbocycles. The van der Waals surface area contributed by atoms with Gasteiger partial charge < -0.3 is 10.2 Å². The monoisotopic (exact) mass is 273 g/mol. The summed E-state index contributed by atoms with van der Waals surface area (Å²) in [4.78, 5) is 6.74. The van der Waals surface area contributed by atoms with E-state index in [0.29, 0.717) is 0 Å². The number of aromatic nitrogens is 3. The molecule has 0 bridgehead atoms. The topological polar surface area (TPSA) is 45.5 Å². The fourth-order valence-corrected chi connectivity index (χ4v) is 2.85. The summed E-state index contributed by atoms with van der Waals surface area (Å²) in [6.07, 6.45) is 12.8. The lowest BCUT2D eigenvalue weighted by Gasteiger charge is -2.26. The summed E-state index contributed by atoms with van der Waals surface area (Å²) >= 11 is 0. The molecule has 108 valence electrons. The number of rotatable bonds is 6. The van der Waals surface area contributed by atoms with Gasteiger partial charge in [-0.3, -0.25) is 4.98 Å². The van der Waals surface area contributed by atoms with Gasteiger partial charge >= 0.3 is 0 Å². The Labute approximate surface area is 120 Å². The normalized spacial score (nSPS) is 16.8. The SMILES string of the molecule is c1cn2ncc(CNCCCN3CCCCC3)c2cn1. The third-order valence-electron chi connectivity index (χ3n) is 4.00. The summed E-state index contributed by atoms with van der Waals surface area (Å²) in [7, 11) is 0. The fourth-order valence-electron chi connectivity index (χ4n) is 2.85. The van der Waals surface area contributed by atoms with Crippen LogP contribution in [0.1, 0.15) is 31.2 Å². The lowest BCUT2D eigenvalue weighted by Crippen LogP contribution is -2.32. The average molecular weight is 273 g/mol. The van der Waals surface area contributed by atoms with Crippen LogP contribution >= 0.6 is 0 Å². The van der Waals surface area contributed by atoms with Crippen LogP contribution < -0.4 is 5.32 Å². The summed E-state index contributed by atoms with van der Waals surface area (Å²) in [6.45, 7) is 5.74. The Bertz CT molecular complexity index is 530. The number of fused-ring (bicyclic) bond motifs is 1. The summed E-state index contributed by atoms with van der Waals surface area (Å²) in [5, 5.41) is 7.83. The molecule has 1 saturated heterocycles. The van der Waals surface area contributed by atoms with Crippen LogP contribution in [0.3, 0.4) is 0 Å². The van der Waals surface area contributed by atoms with Gasteiger partial charge in [0, 0.05) is 24.5 Å². The molecule has 1 fully saturated rings. The van der Waals surface area contributed by atoms with Crippen molar-refractivity contribution in [3.05, 3.63) is 30.4 Å². The van der Waals surface area contributed by atoms with E-state index in [1.807, 2.05) is 23.1 Å². The van der Waals surface area contributed by atoms with Crippen LogP contribution in [0.15, 0.2) is 24.8 Å². The van der Waals surface area contributed by atoms with E-state index in [2.05, 4.69) is 20.3 Å². The zero-order valence-corrected chi connectivity index (χ0v) is 12.0. The van der Waals surface area contributed by atoms with Gasteiger partial charge in [0.25, 0.3) is 0 Å². The standard InChI is InChI=1S/C15H23N5/c1-2-7-19(8-3-1)9-4-5-16-11-14-12-18-20-10-6-17-13-15(14)20/h6,10,12-13,16H,1-5,7-9,11H2. The predicted octanol–water partition coefficient (Wildman–Crippen LogP) is 1.69. The Morgan fingerprint density at radius 3 is 2.95 bits per heavy atom. The van der Waals surface area contributed by atoms with E-state index in [4.69, 9.17) is 0 Å². The molecule has 1 aliphatic rings. The molecule has 0 aromatic carbocycles. The molecule has 0 radical (unpaired) electrons. The fraction of sp³-hybridized carbons (Fsp3) is 0.600. The third-order valence-corrected chi connectivity index (χ3v) is 4.00. The summed E-state index contributed by atoms with van der Waals surface area (Å²) in [5.74, 6) is 0. The van der Waals surface area contributed by atoms with Gasteiger partial charge in [0.15, 0.2) is 0 Å². The predicted molar refractivity (Wildman–Crippen MR) is 79.6 cm³/mol. The van der Waals surface area contributed by atoms with E-state index in [1.165, 1.54) is 50.9 Å². The van der Waals surface area contributed by atoms with Crippen molar-refractivity contribution in [1.29, 1.82) is 0 Å². The summed E-state index contributed by atoms with van der Waals surface area (Å²) in [5.41, 5.74) is 2.31. The smallest absolute Gasteiger partial charge is 0.0889 e. The van der Waals surface area contributed by atoms with Crippen LogP contribution in [-0.2, 0) is 6.54 Å². The molecule has 0 saturated carbocycles. The summed E-state index contributed by atoms with van der Waals surface area (Å²) in [6, 6.07) is 0. The van der Waals surface area contributed by atoms with Crippen molar-refractivity contribution < 1.29 is 0 Å². The van der Waals surface area contributed by atoms with Crippen molar-refractivity contribution in [2.45, 2.75) is 32.2 Å². The van der Waals surface area contributed by atoms with Gasteiger partial charge in [0.2, 0.25) is 0 Å². The van der Waals surface area contributed by atoms with Crippen LogP contribution in [0, 0.1) is 0 Å². The number of hydrogen-bond donors (Lipinski definition) is 1. The molecule has 3 heterocycles. The first kappa shape index (κ1) is 13.5. The largest absolute Gasteiger partial charge is 0.312 e. The third kappa shape index (κ3) is 3.35. The van der Waals surface area contributed by atoms with Crippen LogP contribution in [0.2, 0.25) is 0 Å². The molecule has 20 heavy (non-hydrogen) atoms. The van der Waals surface area contributed by atoms with E-state index in [1.54, 1.807) is 6.20 Å². The van der Waals surface area contributed by atoms with Crippen molar-refractivity contribution >= 4 is 5.52 Å². The Morgan fingerprint density at radius 2 is 2.05 bits per heavy atom. The molecule has 1 aliphatic heterocycles. The Morgan fingerprint density at radius 1 is 1.15 bits per heavy atom. The molecule has 3 rings (SSSR count). The number of nitrogens with one attached hydrogen (secondary N) is 1. The highest BCUT2D eigenvalue weighted by molar-refractivity contribution is 5.51. The molecular formula is C15H23N5. The van der Waals surface area contributed by atoms with E-state index in [9.17, 15) is 0 Å². The molecule has 0 amide bonds. The second kappa shape index (κ2) is 6.81. The highest BCUT2D eigenvalue weighted by atomic mass is 15.2. The first-order chi connectivity index (χ1) is 9.93. The van der Waals surface area contributed by atoms with Crippen LogP contribution in [0.5, 0.6) is 0 Å². The second-order valence-corrected chi connectivity index (χ2v) is 5.51. The molecule has 0 spiro atoms. The molecule has 2 aromatic heterocycles. The van der Waals surface area contributed by atoms with E-state index >= 15 is 0 Å². The minimum absolute atomic E-state index is 0.870. The number of nitrogens with zero attached hydrogens (tertiary/aromatic N) is 4. The Balaban J connectivity index is 1.39. The van der Waals surface area contributed by atoms with Crippen LogP contribution in [-0.4, -0.2) is 45.7 Å². The van der Waals surface area contributed by atoms with E-state index in [-0.39, 0.29) is 0 Å². The molecule has 5 heteroatoms. The number of piperidine rings is 1. The Hall–Kier alpha value is -1.46. The quantitative estimate of drug-likeness (QED) is 0.814. The second-order valence-electron chi connectivity index (χ2n) is 5.51. The average Bonchev–Trinajstić information content (AvgIpc) is 2.91. The highest BCUT2D eigenvalue weighted by Gasteiger charge is 2.09. The van der Waals surface area contributed by atoms with Gasteiger partial charge in [0.1, 0.15) is 0 Å². The molecule has 5 nitrogen and oxygen atoms in total. The highest BCUT2D eigenvalue weighted by Crippen LogP contribution is 2.09. The van der Waals surface area contributed by atoms with Gasteiger partial charge in [-0.25, -0.2) is 4.52 Å². The molecular weight excluding hydrogens is 250 g/mol. The van der Waals surface area contributed by atoms with Crippen molar-refractivity contribution in [3.63, 3.8) is 0 Å². The van der Waals surface area contributed by atoms with Gasteiger partial charge in [-0.15, -0.1) is 0 Å². The van der Waals surface area contributed by atoms with E-state index in [0.717, 1.165) is 18.6 Å². The van der Waals surface area contributed by atoms with Crippen molar-refractivity contribution in [1.82, 2.24) is 24.8 Å². The number of likely N-dealkylation sites (tertiary alicyclic amines) is 1. The maximum Gasteiger partial charge on any atom is 0.0889 e. The molecule has 0 atom stereocenters. The van der Waals surface area contributed by atoms with Crippen molar-refractivity contribution in [2.75, 3.05) is 26.2 Å². The zero-order valence-electron chi connectivity index (χ0n) is 12.0. The van der Waals surface area contributed by atoms with E-state index < -0.39 is 0 Å². The van der Waals surface area contributed by atoms with Crippen molar-refractivity contribution in [3.8, 4) is 0 Å². The van der Waals surface area contributed by atoms with Gasteiger partial charge in [0.05, 0.1) is 17.9 Å². The summed E-state index contributed by atoms with van der Waals surface area (Å²) < 4.78 is 1.87. The van der Waals surface area contributed by atoms with Gasteiger partial charge in [-0.05, 0) is 45.4 Å². The molecule has 0 unspecified atom stereocenters. The number of hydrogen-bond acceptors (Lipinski definition) is 4. The lowest BCUT2D eigenvalue weighted by atomic mass is 10.1. The maximum atomic E-state index is 4.32. The minimum Gasteiger partial charge on any atom is -0.312 e. The Kier molecular flexibility index (Phi) is 4.61. The van der Waals surface area contributed by atoms with Crippen molar-refractivity contribution in [2.24, 2.45) is 0 Å². The first-order valence-corrected chi connectivity index (χ1v) is 7.63. The minimum atomic E-state index is 0.870. The zero-order chi connectivity index (χ0) is 13.6. The maximum absolute atomic E-state index is 4.32. The molecule has 1 N–H and O–H groups in total. The lowest BCUT2D eigenvalue weighted by molar-refractivity contribution is 0.225. The van der Waals surface area contributed by atoms with Gasteiger partial charge in [-0.1, -0.05) is 6.42 Å². The molecule has 2 aromatic rings. The first-order valence-electron chi connectivity index (χ1n) is 7.63. The van der Waals surface area contributed by atoms with Crippen LogP contribution in [0.4, 0.5) is 0 Å². The van der Waals surface area contributed by atoms with Gasteiger partial charge in [-0.2, -0.15) is 5.10 Å².